The highest BCUT2D eigenvalue weighted by Crippen LogP contribution is 2.25. The maximum atomic E-state index is 12.9. The molecule has 2 aliphatic rings. The summed E-state index contributed by atoms with van der Waals surface area (Å²) in [5.41, 5.74) is 3.54. The number of amides is 4. The maximum absolute atomic E-state index is 12.9. The molecule has 4 amide bonds. The first-order valence-electron chi connectivity index (χ1n) is 12.8. The summed E-state index contributed by atoms with van der Waals surface area (Å²) >= 11 is 0. The van der Waals surface area contributed by atoms with E-state index in [1.54, 1.807) is 29.1 Å². The van der Waals surface area contributed by atoms with Gasteiger partial charge in [-0.25, -0.2) is 9.78 Å². The van der Waals surface area contributed by atoms with Gasteiger partial charge in [-0.15, -0.1) is 12.4 Å². The number of likely N-dealkylation sites (N-methyl/N-ethyl adjacent to an activating group) is 2. The Labute approximate surface area is 234 Å². The molecule has 2 N–H and O–H groups in total. The monoisotopic (exact) mass is 551 g/mol. The number of aromatic nitrogens is 2. The standard InChI is InChI=1S/C28H33N7O3.ClH/c1-19(24-15-21-6-4-5-7-23(21)30-24)33(3)25(36)9-8-20-14-22-17-35(28(38)31-27(22)29-16-20)18-26(37)34-12-10-32(2)11-13-34;/h4-9,14-16,19,30H,10-13,17-18H2,1-3H3,(H,29,31,38);1H. The lowest BCUT2D eigenvalue weighted by atomic mass is 10.1. The molecule has 0 bridgehead atoms. The van der Waals surface area contributed by atoms with E-state index < -0.39 is 0 Å². The summed E-state index contributed by atoms with van der Waals surface area (Å²) in [6.45, 7) is 5.27. The molecule has 0 radical (unpaired) electrons. The minimum absolute atomic E-state index is 0. The summed E-state index contributed by atoms with van der Waals surface area (Å²) in [4.78, 5) is 53.2. The molecule has 1 aromatic carbocycles. The number of fused-ring (bicyclic) bond motifs is 2. The molecule has 1 fully saturated rings. The molecule has 0 aliphatic carbocycles. The number of rotatable bonds is 6. The fourth-order valence-electron chi connectivity index (χ4n) is 4.76. The van der Waals surface area contributed by atoms with Crippen molar-refractivity contribution < 1.29 is 14.4 Å². The maximum Gasteiger partial charge on any atom is 0.323 e. The number of nitrogens with zero attached hydrogens (tertiary/aromatic N) is 5. The summed E-state index contributed by atoms with van der Waals surface area (Å²) in [5, 5.41) is 3.88. The summed E-state index contributed by atoms with van der Waals surface area (Å²) in [6, 6.07) is 11.5. The summed E-state index contributed by atoms with van der Waals surface area (Å²) < 4.78 is 0. The predicted molar refractivity (Wildman–Crippen MR) is 154 cm³/mol. The van der Waals surface area contributed by atoms with E-state index in [2.05, 4.69) is 26.3 Å². The van der Waals surface area contributed by atoms with Crippen LogP contribution in [0.25, 0.3) is 17.0 Å². The zero-order valence-electron chi connectivity index (χ0n) is 22.4. The number of hydrogen-bond acceptors (Lipinski definition) is 5. The van der Waals surface area contributed by atoms with E-state index >= 15 is 0 Å². The van der Waals surface area contributed by atoms with Gasteiger partial charge in [-0.1, -0.05) is 18.2 Å². The van der Waals surface area contributed by atoms with Gasteiger partial charge in [-0.3, -0.25) is 14.9 Å². The number of hydrogen-bond donors (Lipinski definition) is 2. The molecule has 1 atom stereocenters. The van der Waals surface area contributed by atoms with Crippen LogP contribution in [0.5, 0.6) is 0 Å². The summed E-state index contributed by atoms with van der Waals surface area (Å²) in [7, 11) is 3.81. The van der Waals surface area contributed by atoms with Crippen LogP contribution in [0.4, 0.5) is 10.6 Å². The van der Waals surface area contributed by atoms with Crippen molar-refractivity contribution in [2.75, 3.05) is 52.1 Å². The van der Waals surface area contributed by atoms with Crippen molar-refractivity contribution in [3.8, 4) is 0 Å². The van der Waals surface area contributed by atoms with Gasteiger partial charge < -0.3 is 24.6 Å². The molecule has 4 heterocycles. The first-order valence-corrected chi connectivity index (χ1v) is 12.8. The van der Waals surface area contributed by atoms with Crippen molar-refractivity contribution >= 4 is 53.0 Å². The van der Waals surface area contributed by atoms with Gasteiger partial charge in [0.2, 0.25) is 11.8 Å². The lowest BCUT2D eigenvalue weighted by Gasteiger charge is -2.35. The number of halogens is 1. The molecule has 1 saturated heterocycles. The second-order valence-electron chi connectivity index (χ2n) is 10.0. The average Bonchev–Trinajstić information content (AvgIpc) is 3.36. The third kappa shape index (κ3) is 6.23. The first-order chi connectivity index (χ1) is 18.3. The van der Waals surface area contributed by atoms with E-state index in [1.165, 1.54) is 11.0 Å². The molecule has 39 heavy (non-hydrogen) atoms. The third-order valence-electron chi connectivity index (χ3n) is 7.39. The molecule has 0 spiro atoms. The fraction of sp³-hybridized carbons (Fsp3) is 0.357. The van der Waals surface area contributed by atoms with Crippen LogP contribution in [0.1, 0.15) is 29.8 Å². The van der Waals surface area contributed by atoms with Crippen molar-refractivity contribution in [1.29, 1.82) is 0 Å². The van der Waals surface area contributed by atoms with E-state index in [1.807, 2.05) is 44.3 Å². The van der Waals surface area contributed by atoms with Gasteiger partial charge in [0.05, 0.1) is 12.6 Å². The topological polar surface area (TPSA) is 105 Å². The number of piperazine rings is 1. The first kappa shape index (κ1) is 28.1. The predicted octanol–water partition coefficient (Wildman–Crippen LogP) is 3.34. The smallest absolute Gasteiger partial charge is 0.323 e. The van der Waals surface area contributed by atoms with Crippen molar-refractivity contribution in [3.63, 3.8) is 0 Å². The Kier molecular flexibility index (Phi) is 8.57. The highest BCUT2D eigenvalue weighted by molar-refractivity contribution is 5.95. The molecule has 1 unspecified atom stereocenters. The molecule has 10 nitrogen and oxygen atoms in total. The second-order valence-corrected chi connectivity index (χ2v) is 10.0. The van der Waals surface area contributed by atoms with E-state index in [0.717, 1.165) is 40.8 Å². The van der Waals surface area contributed by atoms with Crippen LogP contribution in [0.2, 0.25) is 0 Å². The zero-order valence-corrected chi connectivity index (χ0v) is 23.2. The van der Waals surface area contributed by atoms with Gasteiger partial charge in [0.25, 0.3) is 0 Å². The van der Waals surface area contributed by atoms with E-state index in [0.29, 0.717) is 18.9 Å². The van der Waals surface area contributed by atoms with Gasteiger partial charge in [0.15, 0.2) is 0 Å². The Balaban J connectivity index is 0.00000353. The lowest BCUT2D eigenvalue weighted by Crippen LogP contribution is -2.51. The van der Waals surface area contributed by atoms with Crippen LogP contribution in [-0.4, -0.2) is 94.2 Å². The van der Waals surface area contributed by atoms with Crippen molar-refractivity contribution in [2.24, 2.45) is 0 Å². The van der Waals surface area contributed by atoms with E-state index in [4.69, 9.17) is 0 Å². The lowest BCUT2D eigenvalue weighted by molar-refractivity contribution is -0.133. The number of urea groups is 1. The van der Waals surface area contributed by atoms with E-state index in [9.17, 15) is 14.4 Å². The van der Waals surface area contributed by atoms with Crippen LogP contribution in [-0.2, 0) is 16.1 Å². The number of carbonyl (C=O) groups is 3. The number of para-hydroxylation sites is 1. The molecule has 206 valence electrons. The Hall–Kier alpha value is -3.89. The highest BCUT2D eigenvalue weighted by Gasteiger charge is 2.28. The molecular weight excluding hydrogens is 518 g/mol. The van der Waals surface area contributed by atoms with E-state index in [-0.39, 0.29) is 49.4 Å². The number of H-pyrrole nitrogens is 1. The van der Waals surface area contributed by atoms with Crippen molar-refractivity contribution in [3.05, 3.63) is 65.5 Å². The Morgan fingerprint density at radius 2 is 1.90 bits per heavy atom. The molecule has 3 aromatic rings. The van der Waals surface area contributed by atoms with Gasteiger partial charge in [0, 0.05) is 62.3 Å². The fourth-order valence-corrected chi connectivity index (χ4v) is 4.76. The number of anilines is 1. The van der Waals surface area contributed by atoms with Crippen LogP contribution in [0.15, 0.2) is 48.7 Å². The number of nitrogens with one attached hydrogen (secondary N) is 2. The number of carbonyl (C=O) groups excluding carboxylic acids is 3. The Morgan fingerprint density at radius 1 is 1.15 bits per heavy atom. The largest absolute Gasteiger partial charge is 0.357 e. The Morgan fingerprint density at radius 3 is 2.64 bits per heavy atom. The van der Waals surface area contributed by atoms with Gasteiger partial charge >= 0.3 is 6.03 Å². The van der Waals surface area contributed by atoms with Gasteiger partial charge in [0.1, 0.15) is 12.4 Å². The number of benzene rings is 1. The third-order valence-corrected chi connectivity index (χ3v) is 7.39. The molecule has 2 aliphatic heterocycles. The molecule has 2 aromatic heterocycles. The van der Waals surface area contributed by atoms with Gasteiger partial charge in [-0.2, -0.15) is 0 Å². The average molecular weight is 552 g/mol. The van der Waals surface area contributed by atoms with Crippen LogP contribution in [0.3, 0.4) is 0 Å². The van der Waals surface area contributed by atoms with Crippen LogP contribution in [0, 0.1) is 0 Å². The number of aromatic amines is 1. The van der Waals surface area contributed by atoms with Crippen molar-refractivity contribution in [2.45, 2.75) is 19.5 Å². The summed E-state index contributed by atoms with van der Waals surface area (Å²) in [5.74, 6) is 0.284. The minimum atomic E-state index is -0.335. The molecular formula is C28H34ClN7O3. The minimum Gasteiger partial charge on any atom is -0.357 e. The normalized spacial score (nSPS) is 16.5. The van der Waals surface area contributed by atoms with Crippen LogP contribution >= 0.6 is 12.4 Å². The molecule has 5 rings (SSSR count). The number of pyridine rings is 1. The quantitative estimate of drug-likeness (QED) is 0.457. The second kappa shape index (κ2) is 11.9. The highest BCUT2D eigenvalue weighted by atomic mass is 35.5. The SMILES string of the molecule is CC(c1cc2ccccc2[nH]1)N(C)C(=O)C=Cc1cnc2c(c1)CN(CC(=O)N1CCN(C)CC1)C(=O)N2.Cl. The Bertz CT molecular complexity index is 1360. The van der Waals surface area contributed by atoms with Gasteiger partial charge in [-0.05, 0) is 49.2 Å². The molecule has 11 heteroatoms. The zero-order chi connectivity index (χ0) is 26.8. The molecule has 0 saturated carbocycles. The summed E-state index contributed by atoms with van der Waals surface area (Å²) in [6.07, 6.45) is 4.87. The van der Waals surface area contributed by atoms with Crippen molar-refractivity contribution in [1.82, 2.24) is 29.6 Å². The van der Waals surface area contributed by atoms with Crippen LogP contribution < -0.4 is 5.32 Å².